The highest BCUT2D eigenvalue weighted by atomic mass is 16.4. The quantitative estimate of drug-likeness (QED) is 0.231. The van der Waals surface area contributed by atoms with E-state index in [1.807, 2.05) is 62.4 Å². The maximum Gasteiger partial charge on any atom is 0.322 e. The molecule has 240 valence electrons. The second-order valence-corrected chi connectivity index (χ2v) is 12.6. The molecule has 11 heteroatoms. The van der Waals surface area contributed by atoms with E-state index in [0.29, 0.717) is 19.4 Å². The van der Waals surface area contributed by atoms with Crippen LogP contribution in [-0.4, -0.2) is 68.6 Å². The van der Waals surface area contributed by atoms with E-state index in [1.165, 1.54) is 11.9 Å². The van der Waals surface area contributed by atoms with E-state index in [-0.39, 0.29) is 11.8 Å². The molecule has 0 saturated carbocycles. The smallest absolute Gasteiger partial charge is 0.322 e. The van der Waals surface area contributed by atoms with E-state index in [9.17, 15) is 29.4 Å². The molecule has 0 radical (unpaired) electrons. The first kappa shape index (κ1) is 33.5. The topological polar surface area (TPSA) is 161 Å². The van der Waals surface area contributed by atoms with Crippen LogP contribution in [-0.2, 0) is 24.6 Å². The van der Waals surface area contributed by atoms with Crippen LogP contribution in [0.1, 0.15) is 71.6 Å². The Morgan fingerprint density at radius 1 is 1.00 bits per heavy atom. The normalized spacial score (nSPS) is 17.4. The molecule has 0 unspecified atom stereocenters. The van der Waals surface area contributed by atoms with Crippen LogP contribution in [0.25, 0.3) is 22.0 Å². The second-order valence-electron chi connectivity index (χ2n) is 12.6. The van der Waals surface area contributed by atoms with E-state index < -0.39 is 47.4 Å². The van der Waals surface area contributed by atoms with Crippen molar-refractivity contribution in [2.45, 2.75) is 84.0 Å². The van der Waals surface area contributed by atoms with Gasteiger partial charge < -0.3 is 20.8 Å². The third kappa shape index (κ3) is 7.66. The summed E-state index contributed by atoms with van der Waals surface area (Å²) in [6.07, 6.45) is 2.12. The van der Waals surface area contributed by atoms with Crippen molar-refractivity contribution in [1.82, 2.24) is 26.1 Å². The first-order chi connectivity index (χ1) is 21.2. The Morgan fingerprint density at radius 2 is 1.73 bits per heavy atom. The SMILES string of the molecule is CC(C)[C@H](NC(=O)C(C)(C)c1cccc(-c2cc3cc([C@@H](C)O)ccc3cn2)c1)C(=O)N[C@@H](C)C(=O)N1CCC[C@@H](C(=O)O)N1. The summed E-state index contributed by atoms with van der Waals surface area (Å²) in [7, 11) is 0. The van der Waals surface area contributed by atoms with Gasteiger partial charge in [-0.05, 0) is 81.2 Å². The highest BCUT2D eigenvalue weighted by molar-refractivity contribution is 5.95. The lowest BCUT2D eigenvalue weighted by molar-refractivity contribution is -0.148. The average Bonchev–Trinajstić information content (AvgIpc) is 3.02. The van der Waals surface area contributed by atoms with Crippen molar-refractivity contribution in [2.24, 2.45) is 5.92 Å². The fraction of sp³-hybridized carbons (Fsp3) is 0.441. The Morgan fingerprint density at radius 3 is 2.40 bits per heavy atom. The van der Waals surface area contributed by atoms with Crippen molar-refractivity contribution in [3.63, 3.8) is 0 Å². The summed E-state index contributed by atoms with van der Waals surface area (Å²) in [4.78, 5) is 56.0. The molecule has 11 nitrogen and oxygen atoms in total. The standard InChI is InChI=1S/C34H43N5O6/c1-19(2)29(30(41)36-20(3)31(42)39-14-8-11-27(38-39)32(43)44)37-33(45)34(5,6)26-10-7-9-23(16-26)28-17-25-15-22(21(4)40)12-13-24(25)18-35-28/h7,9-10,12-13,15-21,27,29,38,40H,8,11,14H2,1-6H3,(H,36,41)(H,37,45)(H,43,44)/t20-,21+,27-,29-/m0/s1. The van der Waals surface area contributed by atoms with Crippen LogP contribution in [0.15, 0.2) is 54.7 Å². The Kier molecular flexibility index (Phi) is 10.2. The number of amides is 3. The number of nitrogens with one attached hydrogen (secondary N) is 3. The summed E-state index contributed by atoms with van der Waals surface area (Å²) in [5.41, 5.74) is 4.77. The number of benzene rings is 2. The van der Waals surface area contributed by atoms with Crippen LogP contribution in [0.5, 0.6) is 0 Å². The minimum Gasteiger partial charge on any atom is -0.480 e. The molecule has 5 N–H and O–H groups in total. The fourth-order valence-corrected chi connectivity index (χ4v) is 5.35. The number of rotatable bonds is 10. The lowest BCUT2D eigenvalue weighted by Crippen LogP contribution is -2.61. The molecular weight excluding hydrogens is 574 g/mol. The molecule has 4 rings (SSSR count). The molecular formula is C34H43N5O6. The van der Waals surface area contributed by atoms with Crippen molar-refractivity contribution in [3.05, 3.63) is 65.9 Å². The number of aliphatic hydroxyl groups is 1. The first-order valence-electron chi connectivity index (χ1n) is 15.3. The van der Waals surface area contributed by atoms with E-state index in [1.54, 1.807) is 27.0 Å². The molecule has 3 amide bonds. The van der Waals surface area contributed by atoms with Crippen molar-refractivity contribution in [2.75, 3.05) is 6.54 Å². The summed E-state index contributed by atoms with van der Waals surface area (Å²) in [6.45, 7) is 10.8. The number of carbonyl (C=O) groups excluding carboxylic acids is 3. The van der Waals surface area contributed by atoms with Crippen LogP contribution in [0.3, 0.4) is 0 Å². The van der Waals surface area contributed by atoms with Crippen LogP contribution < -0.4 is 16.1 Å². The van der Waals surface area contributed by atoms with Gasteiger partial charge in [0.2, 0.25) is 11.8 Å². The number of aromatic nitrogens is 1. The molecule has 1 aliphatic rings. The number of hydrazine groups is 1. The minimum atomic E-state index is -1.04. The summed E-state index contributed by atoms with van der Waals surface area (Å²) in [5.74, 6) is -2.64. The average molecular weight is 618 g/mol. The molecule has 1 saturated heterocycles. The Bertz CT molecular complexity index is 1590. The zero-order valence-corrected chi connectivity index (χ0v) is 26.6. The van der Waals surface area contributed by atoms with Gasteiger partial charge in [-0.3, -0.25) is 29.2 Å². The Labute approximate surface area is 263 Å². The van der Waals surface area contributed by atoms with Gasteiger partial charge in [0.05, 0.1) is 17.2 Å². The van der Waals surface area contributed by atoms with Gasteiger partial charge >= 0.3 is 5.97 Å². The number of aliphatic carboxylic acids is 1. The predicted molar refractivity (Wildman–Crippen MR) is 171 cm³/mol. The zero-order valence-electron chi connectivity index (χ0n) is 26.6. The van der Waals surface area contributed by atoms with Crippen molar-refractivity contribution in [3.8, 4) is 11.3 Å². The maximum atomic E-state index is 13.7. The Hall–Kier alpha value is -4.35. The van der Waals surface area contributed by atoms with Gasteiger partial charge in [0.25, 0.3) is 5.91 Å². The van der Waals surface area contributed by atoms with E-state index >= 15 is 0 Å². The van der Waals surface area contributed by atoms with Gasteiger partial charge in [-0.25, -0.2) is 5.43 Å². The lowest BCUT2D eigenvalue weighted by Gasteiger charge is -2.34. The number of aliphatic hydroxyl groups excluding tert-OH is 1. The monoisotopic (exact) mass is 617 g/mol. The summed E-state index contributed by atoms with van der Waals surface area (Å²) in [6, 6.07) is 12.5. The number of carboxylic acid groups (broad SMARTS) is 1. The van der Waals surface area contributed by atoms with Crippen LogP contribution in [0.2, 0.25) is 0 Å². The van der Waals surface area contributed by atoms with Gasteiger partial charge in [0.15, 0.2) is 0 Å². The van der Waals surface area contributed by atoms with Crippen LogP contribution in [0, 0.1) is 5.92 Å². The van der Waals surface area contributed by atoms with Gasteiger partial charge in [-0.15, -0.1) is 0 Å². The number of nitrogens with zero attached hydrogens (tertiary/aromatic N) is 2. The molecule has 1 fully saturated rings. The lowest BCUT2D eigenvalue weighted by atomic mass is 9.82. The van der Waals surface area contributed by atoms with Crippen LogP contribution in [0.4, 0.5) is 0 Å². The van der Waals surface area contributed by atoms with Crippen LogP contribution >= 0.6 is 0 Å². The minimum absolute atomic E-state index is 0.281. The third-order valence-electron chi connectivity index (χ3n) is 8.39. The first-order valence-corrected chi connectivity index (χ1v) is 15.3. The predicted octanol–water partition coefficient (Wildman–Crippen LogP) is 3.46. The number of hydrogen-bond acceptors (Lipinski definition) is 7. The van der Waals surface area contributed by atoms with Gasteiger partial charge in [0, 0.05) is 23.7 Å². The van der Waals surface area contributed by atoms with Gasteiger partial charge in [-0.2, -0.15) is 0 Å². The maximum absolute atomic E-state index is 13.7. The second kappa shape index (κ2) is 13.7. The highest BCUT2D eigenvalue weighted by Gasteiger charge is 2.36. The number of pyridine rings is 1. The van der Waals surface area contributed by atoms with Crippen molar-refractivity contribution >= 4 is 34.5 Å². The zero-order chi connectivity index (χ0) is 33.1. The van der Waals surface area contributed by atoms with E-state index in [2.05, 4.69) is 21.0 Å². The molecule has 3 aromatic rings. The summed E-state index contributed by atoms with van der Waals surface area (Å²) >= 11 is 0. The Balaban J connectivity index is 1.48. The summed E-state index contributed by atoms with van der Waals surface area (Å²) in [5, 5.41) is 28.0. The third-order valence-corrected chi connectivity index (χ3v) is 8.39. The number of hydrogen-bond donors (Lipinski definition) is 5. The van der Waals surface area contributed by atoms with Gasteiger partial charge in [0.1, 0.15) is 18.1 Å². The highest BCUT2D eigenvalue weighted by Crippen LogP contribution is 2.30. The number of fused-ring (bicyclic) bond motifs is 1. The van der Waals surface area contributed by atoms with Crippen molar-refractivity contribution < 1.29 is 29.4 Å². The van der Waals surface area contributed by atoms with Crippen molar-refractivity contribution in [1.29, 1.82) is 0 Å². The number of carboxylic acids is 1. The van der Waals surface area contributed by atoms with E-state index in [4.69, 9.17) is 0 Å². The molecule has 4 atom stereocenters. The molecule has 0 spiro atoms. The molecule has 0 aliphatic carbocycles. The fourth-order valence-electron chi connectivity index (χ4n) is 5.35. The molecule has 1 aromatic heterocycles. The number of carbonyl (C=O) groups is 4. The van der Waals surface area contributed by atoms with Gasteiger partial charge in [-0.1, -0.05) is 44.2 Å². The summed E-state index contributed by atoms with van der Waals surface area (Å²) < 4.78 is 0. The molecule has 1 aliphatic heterocycles. The molecule has 2 heterocycles. The molecule has 45 heavy (non-hydrogen) atoms. The largest absolute Gasteiger partial charge is 0.480 e. The molecule has 0 bridgehead atoms. The molecule has 2 aromatic carbocycles. The van der Waals surface area contributed by atoms with E-state index in [0.717, 1.165) is 33.2 Å².